The van der Waals surface area contributed by atoms with E-state index in [1.807, 2.05) is 36.4 Å². The van der Waals surface area contributed by atoms with Crippen LogP contribution in [0.2, 0.25) is 0 Å². The molecule has 196 valence electrons. The standard InChI is InChI=1S/C30H31N3O5/c1-30(35)17-33(18-30)29(34)20-4-2-19(3-5-20)27-15-25-28(38-27)24(8-11-32-25)21-6-7-26(22(14-21)16-31)37-23-9-12-36-13-10-23/h2-8,11,14-15,23,35H,9-10,12-13,16-18,31H2,1H3. The first-order valence-electron chi connectivity index (χ1n) is 13.0. The largest absolute Gasteiger partial charge is 0.490 e. The number of benzene rings is 2. The molecule has 2 aliphatic heterocycles. The van der Waals surface area contributed by atoms with Crippen molar-refractivity contribution in [3.8, 4) is 28.2 Å². The smallest absolute Gasteiger partial charge is 0.254 e. The third-order valence-corrected chi connectivity index (χ3v) is 7.23. The Labute approximate surface area is 221 Å². The topological polar surface area (TPSA) is 111 Å². The van der Waals surface area contributed by atoms with Crippen molar-refractivity contribution >= 4 is 17.0 Å². The number of rotatable bonds is 6. The number of ether oxygens (including phenoxy) is 2. The SMILES string of the molecule is CC1(O)CN(C(=O)c2ccc(-c3cc4nccc(-c5ccc(OC6CCOCC6)c(CN)c5)c4o3)cc2)C1. The van der Waals surface area contributed by atoms with Gasteiger partial charge in [0.1, 0.15) is 23.1 Å². The molecule has 2 aromatic carbocycles. The minimum Gasteiger partial charge on any atom is -0.490 e. The van der Waals surface area contributed by atoms with E-state index in [1.54, 1.807) is 30.2 Å². The van der Waals surface area contributed by atoms with Crippen molar-refractivity contribution in [1.29, 1.82) is 0 Å². The third-order valence-electron chi connectivity index (χ3n) is 7.23. The molecule has 2 aliphatic rings. The molecule has 0 atom stereocenters. The van der Waals surface area contributed by atoms with Crippen LogP contribution in [0.1, 0.15) is 35.7 Å². The Kier molecular flexibility index (Phi) is 6.39. The number of fused-ring (bicyclic) bond motifs is 1. The van der Waals surface area contributed by atoms with Gasteiger partial charge >= 0.3 is 0 Å². The Bertz CT molecular complexity index is 1460. The normalized spacial score (nSPS) is 17.4. The van der Waals surface area contributed by atoms with Crippen molar-refractivity contribution in [3.05, 3.63) is 71.9 Å². The van der Waals surface area contributed by atoms with E-state index in [0.29, 0.717) is 36.5 Å². The molecule has 2 saturated heterocycles. The maximum atomic E-state index is 12.7. The molecule has 6 rings (SSSR count). The molecule has 3 N–H and O–H groups in total. The fourth-order valence-electron chi connectivity index (χ4n) is 5.18. The quantitative estimate of drug-likeness (QED) is 0.393. The van der Waals surface area contributed by atoms with Crippen molar-refractivity contribution < 1.29 is 23.8 Å². The average molecular weight is 514 g/mol. The molecule has 2 aromatic heterocycles. The summed E-state index contributed by atoms with van der Waals surface area (Å²) in [4.78, 5) is 18.8. The summed E-state index contributed by atoms with van der Waals surface area (Å²) in [5.41, 5.74) is 11.0. The van der Waals surface area contributed by atoms with E-state index in [-0.39, 0.29) is 12.0 Å². The summed E-state index contributed by atoms with van der Waals surface area (Å²) in [6.45, 7) is 4.23. The van der Waals surface area contributed by atoms with Gasteiger partial charge in [-0.3, -0.25) is 9.78 Å². The van der Waals surface area contributed by atoms with Gasteiger partial charge in [-0.25, -0.2) is 0 Å². The number of furan rings is 1. The number of likely N-dealkylation sites (tertiary alicyclic amines) is 1. The van der Waals surface area contributed by atoms with Crippen LogP contribution in [-0.2, 0) is 11.3 Å². The van der Waals surface area contributed by atoms with Crippen LogP contribution in [0.15, 0.2) is 65.2 Å². The summed E-state index contributed by atoms with van der Waals surface area (Å²) < 4.78 is 18.0. The van der Waals surface area contributed by atoms with E-state index in [9.17, 15) is 9.90 Å². The van der Waals surface area contributed by atoms with Crippen LogP contribution >= 0.6 is 0 Å². The van der Waals surface area contributed by atoms with E-state index in [0.717, 1.165) is 59.6 Å². The van der Waals surface area contributed by atoms with Crippen LogP contribution in [0.4, 0.5) is 0 Å². The summed E-state index contributed by atoms with van der Waals surface area (Å²) in [5, 5.41) is 9.93. The van der Waals surface area contributed by atoms with Crippen LogP contribution in [0.25, 0.3) is 33.6 Å². The van der Waals surface area contributed by atoms with E-state index in [1.165, 1.54) is 0 Å². The zero-order chi connectivity index (χ0) is 26.3. The molecule has 0 bridgehead atoms. The highest BCUT2D eigenvalue weighted by molar-refractivity contribution is 5.96. The fraction of sp³-hybridized carbons (Fsp3) is 0.333. The Balaban J connectivity index is 1.25. The number of carbonyl (C=O) groups is 1. The van der Waals surface area contributed by atoms with Gasteiger partial charge in [0.2, 0.25) is 0 Å². The van der Waals surface area contributed by atoms with Crippen LogP contribution < -0.4 is 10.5 Å². The summed E-state index contributed by atoms with van der Waals surface area (Å²) in [6.07, 6.45) is 3.67. The van der Waals surface area contributed by atoms with Gasteiger partial charge in [0.05, 0.1) is 31.9 Å². The number of amides is 1. The predicted molar refractivity (Wildman–Crippen MR) is 144 cm³/mol. The second-order valence-corrected chi connectivity index (χ2v) is 10.4. The van der Waals surface area contributed by atoms with Gasteiger partial charge in [0, 0.05) is 53.9 Å². The molecule has 0 saturated carbocycles. The van der Waals surface area contributed by atoms with Gasteiger partial charge < -0.3 is 29.6 Å². The number of nitrogens with two attached hydrogens (primary N) is 1. The van der Waals surface area contributed by atoms with Crippen LogP contribution in [0, 0.1) is 0 Å². The number of pyridine rings is 1. The Hall–Kier alpha value is -3.72. The van der Waals surface area contributed by atoms with E-state index in [4.69, 9.17) is 19.6 Å². The molecule has 0 aliphatic carbocycles. The summed E-state index contributed by atoms with van der Waals surface area (Å²) >= 11 is 0. The fourth-order valence-corrected chi connectivity index (χ4v) is 5.18. The van der Waals surface area contributed by atoms with Gasteiger partial charge in [-0.05, 0) is 42.8 Å². The Morgan fingerprint density at radius 1 is 1.11 bits per heavy atom. The highest BCUT2D eigenvalue weighted by Crippen LogP contribution is 2.36. The molecule has 4 aromatic rings. The average Bonchev–Trinajstić information content (AvgIpc) is 3.37. The lowest BCUT2D eigenvalue weighted by Crippen LogP contribution is -2.61. The number of nitrogens with zero attached hydrogens (tertiary/aromatic N) is 2. The van der Waals surface area contributed by atoms with E-state index >= 15 is 0 Å². The van der Waals surface area contributed by atoms with Crippen molar-refractivity contribution in [1.82, 2.24) is 9.88 Å². The number of β-amino-alcohol motifs (C(OH)–C–C–N with tert-alkyl or cyclic N) is 1. The maximum Gasteiger partial charge on any atom is 0.254 e. The predicted octanol–water partition coefficient (Wildman–Crippen LogP) is 4.39. The zero-order valence-electron chi connectivity index (χ0n) is 21.4. The molecule has 0 radical (unpaired) electrons. The lowest BCUT2D eigenvalue weighted by Gasteiger charge is -2.44. The first-order valence-corrected chi connectivity index (χ1v) is 13.0. The molecule has 8 heteroatoms. The summed E-state index contributed by atoms with van der Waals surface area (Å²) in [7, 11) is 0. The first-order chi connectivity index (χ1) is 18.4. The molecular formula is C30H31N3O5. The molecule has 4 heterocycles. The monoisotopic (exact) mass is 513 g/mol. The number of hydrogen-bond acceptors (Lipinski definition) is 7. The molecule has 2 fully saturated rings. The van der Waals surface area contributed by atoms with Crippen molar-refractivity contribution in [2.45, 2.75) is 38.0 Å². The second-order valence-electron chi connectivity index (χ2n) is 10.4. The number of hydrogen-bond donors (Lipinski definition) is 2. The number of carbonyl (C=O) groups excluding carboxylic acids is 1. The van der Waals surface area contributed by atoms with Gasteiger partial charge in [0.25, 0.3) is 5.91 Å². The van der Waals surface area contributed by atoms with Crippen LogP contribution in [0.3, 0.4) is 0 Å². The van der Waals surface area contributed by atoms with Gasteiger partial charge in [0.15, 0.2) is 5.58 Å². The van der Waals surface area contributed by atoms with Gasteiger partial charge in [-0.2, -0.15) is 0 Å². The minimum absolute atomic E-state index is 0.0865. The van der Waals surface area contributed by atoms with Crippen LogP contribution in [0.5, 0.6) is 5.75 Å². The molecule has 1 amide bonds. The summed E-state index contributed by atoms with van der Waals surface area (Å²) in [6, 6.07) is 17.2. The first kappa shape index (κ1) is 24.6. The highest BCUT2D eigenvalue weighted by atomic mass is 16.5. The summed E-state index contributed by atoms with van der Waals surface area (Å²) in [5.74, 6) is 1.39. The van der Waals surface area contributed by atoms with Gasteiger partial charge in [-0.15, -0.1) is 0 Å². The lowest BCUT2D eigenvalue weighted by molar-refractivity contribution is -0.0668. The minimum atomic E-state index is -0.794. The molecule has 8 nitrogen and oxygen atoms in total. The second kappa shape index (κ2) is 9.87. The Morgan fingerprint density at radius 3 is 2.55 bits per heavy atom. The van der Waals surface area contributed by atoms with Crippen molar-refractivity contribution in [2.24, 2.45) is 5.73 Å². The zero-order valence-corrected chi connectivity index (χ0v) is 21.4. The molecule has 38 heavy (non-hydrogen) atoms. The van der Waals surface area contributed by atoms with E-state index in [2.05, 4.69) is 11.1 Å². The van der Waals surface area contributed by atoms with Gasteiger partial charge in [-0.1, -0.05) is 18.2 Å². The number of aliphatic hydroxyl groups is 1. The molecular weight excluding hydrogens is 482 g/mol. The van der Waals surface area contributed by atoms with Crippen molar-refractivity contribution in [3.63, 3.8) is 0 Å². The van der Waals surface area contributed by atoms with E-state index < -0.39 is 5.60 Å². The highest BCUT2D eigenvalue weighted by Gasteiger charge is 2.39. The third kappa shape index (κ3) is 4.78. The Morgan fingerprint density at radius 2 is 1.84 bits per heavy atom. The molecule has 0 unspecified atom stereocenters. The number of aromatic nitrogens is 1. The maximum absolute atomic E-state index is 12.7. The lowest BCUT2D eigenvalue weighted by atomic mass is 9.95. The van der Waals surface area contributed by atoms with Crippen LogP contribution in [-0.4, -0.2) is 58.9 Å². The van der Waals surface area contributed by atoms with Crippen molar-refractivity contribution in [2.75, 3.05) is 26.3 Å². The molecule has 0 spiro atoms.